The highest BCUT2D eigenvalue weighted by Gasteiger charge is 2.29. The minimum atomic E-state index is -0.568. The first-order valence-electron chi connectivity index (χ1n) is 4.87. The summed E-state index contributed by atoms with van der Waals surface area (Å²) >= 11 is 0. The van der Waals surface area contributed by atoms with E-state index in [-0.39, 0.29) is 29.6 Å². The zero-order chi connectivity index (χ0) is 11.7. The lowest BCUT2D eigenvalue weighted by Crippen LogP contribution is -2.28. The highest BCUT2D eigenvalue weighted by Crippen LogP contribution is 2.24. The Morgan fingerprint density at radius 2 is 2.31 bits per heavy atom. The smallest absolute Gasteiger partial charge is 0.228 e. The molecule has 2 N–H and O–H groups in total. The normalized spacial score (nSPS) is 19.9. The van der Waals surface area contributed by atoms with E-state index in [1.807, 2.05) is 6.07 Å². The van der Waals surface area contributed by atoms with Gasteiger partial charge in [-0.05, 0) is 18.2 Å². The predicted molar refractivity (Wildman–Crippen MR) is 56.1 cm³/mol. The third-order valence-corrected chi connectivity index (χ3v) is 2.52. The van der Waals surface area contributed by atoms with Crippen molar-refractivity contribution >= 4 is 11.6 Å². The SMILES string of the molecule is N#Cc1ccc(N2CC(N)CC2=O)c(F)c1. The quantitative estimate of drug-likeness (QED) is 0.758. The lowest BCUT2D eigenvalue weighted by molar-refractivity contribution is -0.117. The number of amides is 1. The van der Waals surface area contributed by atoms with Gasteiger partial charge >= 0.3 is 0 Å². The lowest BCUT2D eigenvalue weighted by atomic mass is 10.2. The van der Waals surface area contributed by atoms with Gasteiger partial charge in [0.1, 0.15) is 5.82 Å². The van der Waals surface area contributed by atoms with E-state index in [9.17, 15) is 9.18 Å². The minimum Gasteiger partial charge on any atom is -0.326 e. The van der Waals surface area contributed by atoms with Gasteiger partial charge in [-0.25, -0.2) is 4.39 Å². The van der Waals surface area contributed by atoms with E-state index in [1.54, 1.807) is 0 Å². The monoisotopic (exact) mass is 219 g/mol. The van der Waals surface area contributed by atoms with Gasteiger partial charge < -0.3 is 10.6 Å². The average Bonchev–Trinajstić information content (AvgIpc) is 2.57. The number of nitrogens with two attached hydrogens (primary N) is 1. The number of hydrogen-bond donors (Lipinski definition) is 1. The fraction of sp³-hybridized carbons (Fsp3) is 0.273. The Labute approximate surface area is 92.1 Å². The van der Waals surface area contributed by atoms with Crippen molar-refractivity contribution in [3.05, 3.63) is 29.6 Å². The number of anilines is 1. The van der Waals surface area contributed by atoms with Gasteiger partial charge in [0.15, 0.2) is 0 Å². The highest BCUT2D eigenvalue weighted by atomic mass is 19.1. The van der Waals surface area contributed by atoms with Crippen molar-refractivity contribution in [2.45, 2.75) is 12.5 Å². The van der Waals surface area contributed by atoms with Gasteiger partial charge in [0.25, 0.3) is 0 Å². The Balaban J connectivity index is 2.35. The van der Waals surface area contributed by atoms with Crippen LogP contribution in [0.5, 0.6) is 0 Å². The van der Waals surface area contributed by atoms with Crippen molar-refractivity contribution in [2.75, 3.05) is 11.4 Å². The molecule has 4 nitrogen and oxygen atoms in total. The summed E-state index contributed by atoms with van der Waals surface area (Å²) in [6, 6.07) is 5.62. The van der Waals surface area contributed by atoms with Crippen molar-refractivity contribution in [1.82, 2.24) is 0 Å². The Kier molecular flexibility index (Phi) is 2.59. The number of halogens is 1. The van der Waals surface area contributed by atoms with Crippen molar-refractivity contribution in [1.29, 1.82) is 5.26 Å². The molecule has 0 aliphatic carbocycles. The largest absolute Gasteiger partial charge is 0.326 e. The first kappa shape index (κ1) is 10.6. The topological polar surface area (TPSA) is 70.1 Å². The van der Waals surface area contributed by atoms with E-state index in [2.05, 4.69) is 0 Å². The molecular weight excluding hydrogens is 209 g/mol. The van der Waals surface area contributed by atoms with E-state index in [1.165, 1.54) is 17.0 Å². The Morgan fingerprint density at radius 1 is 1.56 bits per heavy atom. The maximum atomic E-state index is 13.6. The molecule has 2 rings (SSSR count). The first-order valence-corrected chi connectivity index (χ1v) is 4.87. The standard InChI is InChI=1S/C11H10FN3O/c12-9-3-7(5-13)1-2-10(9)15-6-8(14)4-11(15)16/h1-3,8H,4,6,14H2. The number of hydrogen-bond acceptors (Lipinski definition) is 3. The van der Waals surface area contributed by atoms with Crippen LogP contribution in [0.2, 0.25) is 0 Å². The van der Waals surface area contributed by atoms with Crippen LogP contribution in [-0.4, -0.2) is 18.5 Å². The van der Waals surface area contributed by atoms with Crippen LogP contribution >= 0.6 is 0 Å². The maximum Gasteiger partial charge on any atom is 0.228 e. The summed E-state index contributed by atoms with van der Waals surface area (Å²) in [5.41, 5.74) is 6.05. The molecule has 82 valence electrons. The number of benzene rings is 1. The van der Waals surface area contributed by atoms with Gasteiger partial charge in [0.05, 0.1) is 17.3 Å². The number of nitrogens with zero attached hydrogens (tertiary/aromatic N) is 2. The molecule has 1 amide bonds. The maximum absolute atomic E-state index is 13.6. The number of carbonyl (C=O) groups excluding carboxylic acids is 1. The summed E-state index contributed by atoms with van der Waals surface area (Å²) < 4.78 is 13.6. The molecule has 1 aromatic carbocycles. The van der Waals surface area contributed by atoms with Crippen molar-refractivity contribution in [2.24, 2.45) is 5.73 Å². The van der Waals surface area contributed by atoms with E-state index in [4.69, 9.17) is 11.0 Å². The molecule has 0 radical (unpaired) electrons. The second kappa shape index (κ2) is 3.91. The molecule has 5 heteroatoms. The molecule has 1 heterocycles. The predicted octanol–water partition coefficient (Wildman–Crippen LogP) is 0.761. The fourth-order valence-corrected chi connectivity index (χ4v) is 1.76. The molecule has 1 aliphatic rings. The third-order valence-electron chi connectivity index (χ3n) is 2.52. The van der Waals surface area contributed by atoms with Crippen LogP contribution in [0.3, 0.4) is 0 Å². The molecule has 1 aromatic rings. The fourth-order valence-electron chi connectivity index (χ4n) is 1.76. The van der Waals surface area contributed by atoms with Gasteiger partial charge in [-0.2, -0.15) is 5.26 Å². The zero-order valence-electron chi connectivity index (χ0n) is 8.48. The summed E-state index contributed by atoms with van der Waals surface area (Å²) in [4.78, 5) is 12.8. The van der Waals surface area contributed by atoms with Crippen LogP contribution in [0, 0.1) is 17.1 Å². The lowest BCUT2D eigenvalue weighted by Gasteiger charge is -2.16. The summed E-state index contributed by atoms with van der Waals surface area (Å²) in [5, 5.41) is 8.60. The zero-order valence-corrected chi connectivity index (χ0v) is 8.48. The average molecular weight is 219 g/mol. The number of rotatable bonds is 1. The molecule has 1 aliphatic heterocycles. The minimum absolute atomic E-state index is 0.184. The van der Waals surface area contributed by atoms with Crippen molar-refractivity contribution in [3.63, 3.8) is 0 Å². The molecular formula is C11H10FN3O. The molecule has 0 saturated carbocycles. The van der Waals surface area contributed by atoms with Gasteiger partial charge in [-0.15, -0.1) is 0 Å². The first-order chi connectivity index (χ1) is 7.61. The second-order valence-corrected chi connectivity index (χ2v) is 3.75. The Hall–Kier alpha value is -1.93. The van der Waals surface area contributed by atoms with Crippen molar-refractivity contribution in [3.8, 4) is 6.07 Å². The molecule has 1 unspecified atom stereocenters. The number of carbonyl (C=O) groups is 1. The molecule has 0 bridgehead atoms. The van der Waals surface area contributed by atoms with Crippen LogP contribution in [0.15, 0.2) is 18.2 Å². The van der Waals surface area contributed by atoms with Crippen LogP contribution in [-0.2, 0) is 4.79 Å². The van der Waals surface area contributed by atoms with Crippen LogP contribution in [0.25, 0.3) is 0 Å². The van der Waals surface area contributed by atoms with E-state index >= 15 is 0 Å². The van der Waals surface area contributed by atoms with Gasteiger partial charge in [-0.1, -0.05) is 0 Å². The summed E-state index contributed by atoms with van der Waals surface area (Å²) in [7, 11) is 0. The summed E-state index contributed by atoms with van der Waals surface area (Å²) in [6.45, 7) is 0.321. The van der Waals surface area contributed by atoms with Crippen LogP contribution in [0.1, 0.15) is 12.0 Å². The van der Waals surface area contributed by atoms with E-state index in [0.29, 0.717) is 6.54 Å². The summed E-state index contributed by atoms with van der Waals surface area (Å²) in [6.07, 6.45) is 0.236. The second-order valence-electron chi connectivity index (χ2n) is 3.75. The molecule has 16 heavy (non-hydrogen) atoms. The summed E-state index contributed by atoms with van der Waals surface area (Å²) in [5.74, 6) is -0.752. The van der Waals surface area contributed by atoms with Gasteiger partial charge in [0.2, 0.25) is 5.91 Å². The third kappa shape index (κ3) is 1.75. The van der Waals surface area contributed by atoms with Gasteiger partial charge in [0, 0.05) is 19.0 Å². The van der Waals surface area contributed by atoms with Crippen molar-refractivity contribution < 1.29 is 9.18 Å². The van der Waals surface area contributed by atoms with Crippen LogP contribution < -0.4 is 10.6 Å². The molecule has 1 saturated heterocycles. The molecule has 1 fully saturated rings. The van der Waals surface area contributed by atoms with E-state index < -0.39 is 5.82 Å². The van der Waals surface area contributed by atoms with E-state index in [0.717, 1.165) is 6.07 Å². The van der Waals surface area contributed by atoms with Gasteiger partial charge in [-0.3, -0.25) is 4.79 Å². The number of nitriles is 1. The molecule has 0 spiro atoms. The van der Waals surface area contributed by atoms with Crippen LogP contribution in [0.4, 0.5) is 10.1 Å². The Morgan fingerprint density at radius 3 is 2.81 bits per heavy atom. The molecule has 1 atom stereocenters. The highest BCUT2D eigenvalue weighted by molar-refractivity contribution is 5.96. The molecule has 0 aromatic heterocycles. The Bertz CT molecular complexity index is 481.